The molecule has 1 fully saturated rings. The minimum Gasteiger partial charge on any atom is -0.392 e. The lowest BCUT2D eigenvalue weighted by Crippen LogP contribution is -2.42. The average Bonchev–Trinajstić information content (AvgIpc) is 2.64. The number of hydrogen-bond donors (Lipinski definition) is 1. The zero-order valence-electron chi connectivity index (χ0n) is 11.3. The molecule has 3 heteroatoms. The predicted molar refractivity (Wildman–Crippen MR) is 68.6 cm³/mol. The molecule has 1 heterocycles. The first-order valence-electron chi connectivity index (χ1n) is 6.65. The van der Waals surface area contributed by atoms with E-state index in [0.29, 0.717) is 12.0 Å². The van der Waals surface area contributed by atoms with Crippen LogP contribution < -0.4 is 0 Å². The first-order valence-corrected chi connectivity index (χ1v) is 6.65. The van der Waals surface area contributed by atoms with Gasteiger partial charge in [-0.25, -0.2) is 0 Å². The summed E-state index contributed by atoms with van der Waals surface area (Å²) in [5.41, 5.74) is 0. The summed E-state index contributed by atoms with van der Waals surface area (Å²) in [7, 11) is 2.12. The molecule has 1 aliphatic heterocycles. The van der Waals surface area contributed by atoms with Crippen LogP contribution >= 0.6 is 0 Å². The maximum absolute atomic E-state index is 9.84. The smallest absolute Gasteiger partial charge is 0.0689 e. The molecule has 2 atom stereocenters. The van der Waals surface area contributed by atoms with E-state index < -0.39 is 0 Å². The molecule has 2 unspecified atom stereocenters. The van der Waals surface area contributed by atoms with Gasteiger partial charge in [0.05, 0.1) is 6.10 Å². The zero-order valence-corrected chi connectivity index (χ0v) is 11.3. The summed E-state index contributed by atoms with van der Waals surface area (Å²) in [5.74, 6) is 0.355. The van der Waals surface area contributed by atoms with E-state index in [1.807, 2.05) is 0 Å². The molecule has 96 valence electrons. The molecule has 16 heavy (non-hydrogen) atoms. The SMILES string of the molecule is CCN1CCCC1CN(C)CC(O)C(C)C. The highest BCUT2D eigenvalue weighted by molar-refractivity contribution is 4.81. The molecule has 1 saturated heterocycles. The van der Waals surface area contributed by atoms with Gasteiger partial charge < -0.3 is 10.0 Å². The van der Waals surface area contributed by atoms with Gasteiger partial charge in [-0.1, -0.05) is 20.8 Å². The van der Waals surface area contributed by atoms with Crippen molar-refractivity contribution < 1.29 is 5.11 Å². The number of aliphatic hydroxyl groups excluding tert-OH is 1. The molecule has 0 radical (unpaired) electrons. The van der Waals surface area contributed by atoms with Crippen molar-refractivity contribution in [3.63, 3.8) is 0 Å². The van der Waals surface area contributed by atoms with Crippen molar-refractivity contribution in [3.05, 3.63) is 0 Å². The Kier molecular flexibility index (Phi) is 5.73. The number of likely N-dealkylation sites (tertiary alicyclic amines) is 1. The van der Waals surface area contributed by atoms with E-state index in [9.17, 15) is 5.11 Å². The zero-order chi connectivity index (χ0) is 12.1. The van der Waals surface area contributed by atoms with E-state index >= 15 is 0 Å². The van der Waals surface area contributed by atoms with Gasteiger partial charge in [-0.15, -0.1) is 0 Å². The van der Waals surface area contributed by atoms with Crippen LogP contribution in [0.25, 0.3) is 0 Å². The van der Waals surface area contributed by atoms with E-state index in [1.54, 1.807) is 0 Å². The number of likely N-dealkylation sites (N-methyl/N-ethyl adjacent to an activating group) is 2. The van der Waals surface area contributed by atoms with E-state index in [2.05, 4.69) is 37.6 Å². The van der Waals surface area contributed by atoms with Gasteiger partial charge in [0.25, 0.3) is 0 Å². The normalized spacial score (nSPS) is 24.6. The summed E-state index contributed by atoms with van der Waals surface area (Å²) >= 11 is 0. The van der Waals surface area contributed by atoms with E-state index in [1.165, 1.54) is 19.4 Å². The van der Waals surface area contributed by atoms with Gasteiger partial charge in [0.15, 0.2) is 0 Å². The Morgan fingerprint density at radius 2 is 2.12 bits per heavy atom. The molecule has 0 aliphatic carbocycles. The quantitative estimate of drug-likeness (QED) is 0.745. The average molecular weight is 228 g/mol. The fourth-order valence-corrected chi connectivity index (χ4v) is 2.48. The molecule has 1 aliphatic rings. The fraction of sp³-hybridized carbons (Fsp3) is 1.00. The van der Waals surface area contributed by atoms with Crippen LogP contribution in [0.15, 0.2) is 0 Å². The van der Waals surface area contributed by atoms with E-state index in [4.69, 9.17) is 0 Å². The lowest BCUT2D eigenvalue weighted by molar-refractivity contribution is 0.0761. The first kappa shape index (κ1) is 13.9. The van der Waals surface area contributed by atoms with Crippen molar-refractivity contribution in [2.24, 2.45) is 5.92 Å². The Bertz CT molecular complexity index is 196. The summed E-state index contributed by atoms with van der Waals surface area (Å²) in [6.45, 7) is 10.7. The van der Waals surface area contributed by atoms with Gasteiger partial charge in [-0.2, -0.15) is 0 Å². The number of aliphatic hydroxyl groups is 1. The van der Waals surface area contributed by atoms with E-state index in [0.717, 1.165) is 19.6 Å². The minimum absolute atomic E-state index is 0.193. The number of hydrogen-bond acceptors (Lipinski definition) is 3. The van der Waals surface area contributed by atoms with Gasteiger partial charge in [-0.3, -0.25) is 4.90 Å². The Hall–Kier alpha value is -0.120. The standard InChI is InChI=1S/C13H28N2O/c1-5-15-8-6-7-12(15)9-14(4)10-13(16)11(2)3/h11-13,16H,5-10H2,1-4H3. The molecule has 0 aromatic heterocycles. The van der Waals surface area contributed by atoms with Gasteiger partial charge in [0.2, 0.25) is 0 Å². The molecular weight excluding hydrogens is 200 g/mol. The van der Waals surface area contributed by atoms with Gasteiger partial charge in [0, 0.05) is 19.1 Å². The Labute approximate surface area is 100 Å². The van der Waals surface area contributed by atoms with Crippen LogP contribution in [0, 0.1) is 5.92 Å². The molecule has 1 N–H and O–H groups in total. The second kappa shape index (κ2) is 6.58. The maximum Gasteiger partial charge on any atom is 0.0689 e. The topological polar surface area (TPSA) is 26.7 Å². The molecule has 0 bridgehead atoms. The summed E-state index contributed by atoms with van der Waals surface area (Å²) < 4.78 is 0. The Morgan fingerprint density at radius 1 is 1.44 bits per heavy atom. The Balaban J connectivity index is 2.30. The minimum atomic E-state index is -0.193. The third-order valence-corrected chi connectivity index (χ3v) is 3.70. The number of rotatable bonds is 6. The van der Waals surface area contributed by atoms with Crippen LogP contribution in [0.5, 0.6) is 0 Å². The van der Waals surface area contributed by atoms with E-state index in [-0.39, 0.29) is 6.10 Å². The van der Waals surface area contributed by atoms with Crippen LogP contribution in [0.4, 0.5) is 0 Å². The Morgan fingerprint density at radius 3 is 2.69 bits per heavy atom. The highest BCUT2D eigenvalue weighted by Crippen LogP contribution is 2.17. The van der Waals surface area contributed by atoms with Crippen molar-refractivity contribution in [2.75, 3.05) is 33.2 Å². The highest BCUT2D eigenvalue weighted by Gasteiger charge is 2.24. The first-order chi connectivity index (χ1) is 7.54. The van der Waals surface area contributed by atoms with Crippen molar-refractivity contribution in [1.29, 1.82) is 0 Å². The van der Waals surface area contributed by atoms with Crippen molar-refractivity contribution >= 4 is 0 Å². The third-order valence-electron chi connectivity index (χ3n) is 3.70. The summed E-state index contributed by atoms with van der Waals surface area (Å²) in [4.78, 5) is 4.83. The lowest BCUT2D eigenvalue weighted by Gasteiger charge is -2.29. The summed E-state index contributed by atoms with van der Waals surface area (Å²) in [5, 5.41) is 9.84. The molecule has 3 nitrogen and oxygen atoms in total. The molecule has 0 aromatic carbocycles. The highest BCUT2D eigenvalue weighted by atomic mass is 16.3. The predicted octanol–water partition coefficient (Wildman–Crippen LogP) is 1.42. The number of nitrogens with zero attached hydrogens (tertiary/aromatic N) is 2. The molecule has 0 aromatic rings. The molecule has 0 amide bonds. The lowest BCUT2D eigenvalue weighted by atomic mass is 10.1. The fourth-order valence-electron chi connectivity index (χ4n) is 2.48. The second-order valence-corrected chi connectivity index (χ2v) is 5.46. The van der Waals surface area contributed by atoms with Gasteiger partial charge in [0.1, 0.15) is 0 Å². The largest absolute Gasteiger partial charge is 0.392 e. The van der Waals surface area contributed by atoms with Crippen LogP contribution in [-0.2, 0) is 0 Å². The monoisotopic (exact) mass is 228 g/mol. The summed E-state index contributed by atoms with van der Waals surface area (Å²) in [6.07, 6.45) is 2.45. The third kappa shape index (κ3) is 4.04. The molecule has 1 rings (SSSR count). The summed E-state index contributed by atoms with van der Waals surface area (Å²) in [6, 6.07) is 0.703. The molecule has 0 spiro atoms. The second-order valence-electron chi connectivity index (χ2n) is 5.46. The van der Waals surface area contributed by atoms with Crippen LogP contribution in [-0.4, -0.2) is 60.3 Å². The molecular formula is C13H28N2O. The van der Waals surface area contributed by atoms with Gasteiger partial charge in [-0.05, 0) is 38.9 Å². The van der Waals surface area contributed by atoms with Crippen molar-refractivity contribution in [1.82, 2.24) is 9.80 Å². The van der Waals surface area contributed by atoms with Crippen LogP contribution in [0.1, 0.15) is 33.6 Å². The van der Waals surface area contributed by atoms with Gasteiger partial charge >= 0.3 is 0 Å². The van der Waals surface area contributed by atoms with Crippen molar-refractivity contribution in [2.45, 2.75) is 45.8 Å². The van der Waals surface area contributed by atoms with Crippen molar-refractivity contribution in [3.8, 4) is 0 Å². The van der Waals surface area contributed by atoms with Crippen LogP contribution in [0.2, 0.25) is 0 Å². The molecule has 0 saturated carbocycles. The van der Waals surface area contributed by atoms with Crippen LogP contribution in [0.3, 0.4) is 0 Å². The maximum atomic E-state index is 9.84.